The van der Waals surface area contributed by atoms with Gasteiger partial charge in [0.1, 0.15) is 0 Å². The van der Waals surface area contributed by atoms with E-state index in [1.54, 1.807) is 0 Å². The number of nitrogens with one attached hydrogen (secondary N) is 2. The lowest BCUT2D eigenvalue weighted by molar-refractivity contribution is -0.114. The van der Waals surface area contributed by atoms with Crippen LogP contribution in [0, 0.1) is 0 Å². The molecule has 2 rings (SSSR count). The lowest BCUT2D eigenvalue weighted by Gasteiger charge is -2.32. The first-order chi connectivity index (χ1) is 7.72. The van der Waals surface area contributed by atoms with Gasteiger partial charge in [0.15, 0.2) is 0 Å². The molecule has 1 amide bonds. The van der Waals surface area contributed by atoms with E-state index in [2.05, 4.69) is 44.4 Å². The van der Waals surface area contributed by atoms with Crippen molar-refractivity contribution >= 4 is 39.9 Å². The van der Waals surface area contributed by atoms with Crippen LogP contribution in [0.5, 0.6) is 0 Å². The average Bonchev–Trinajstić information content (AvgIpc) is 2.28. The molecule has 1 aromatic carbocycles. The van der Waals surface area contributed by atoms with Crippen LogP contribution in [0.1, 0.15) is 12.5 Å². The highest BCUT2D eigenvalue weighted by molar-refractivity contribution is 14.1. The van der Waals surface area contributed by atoms with Gasteiger partial charge >= 0.3 is 0 Å². The quantitative estimate of drug-likeness (QED) is 0.494. The van der Waals surface area contributed by atoms with Crippen LogP contribution < -0.4 is 15.8 Å². The number of benzene rings is 1. The van der Waals surface area contributed by atoms with E-state index in [0.29, 0.717) is 0 Å². The van der Waals surface area contributed by atoms with Crippen molar-refractivity contribution in [1.29, 1.82) is 0 Å². The molecule has 0 aliphatic carbocycles. The smallest absolute Gasteiger partial charge is 0.221 e. The summed E-state index contributed by atoms with van der Waals surface area (Å²) < 4.78 is 0.849. The minimum atomic E-state index is -0.0348. The molecular weight excluding hydrogens is 317 g/mol. The zero-order chi connectivity index (χ0) is 11.5. The minimum Gasteiger partial charge on any atom is -0.324 e. The van der Waals surface area contributed by atoms with E-state index >= 15 is 0 Å². The fraction of sp³-hybridized carbons (Fsp3) is 0.364. The monoisotopic (exact) mass is 331 g/mol. The molecule has 0 atom stereocenters. The number of rotatable bonds is 2. The van der Waals surface area contributed by atoms with Crippen LogP contribution in [0.25, 0.3) is 0 Å². The van der Waals surface area contributed by atoms with Gasteiger partial charge in [0.05, 0.1) is 15.9 Å². The first-order valence-electron chi connectivity index (χ1n) is 5.19. The maximum absolute atomic E-state index is 11.1. The van der Waals surface area contributed by atoms with E-state index in [1.165, 1.54) is 12.5 Å². The second-order valence-corrected chi connectivity index (χ2v) is 4.38. The number of nitrogens with zero attached hydrogens (tertiary/aromatic N) is 1. The molecule has 86 valence electrons. The molecule has 16 heavy (non-hydrogen) atoms. The number of hydrazine groups is 1. The lowest BCUT2D eigenvalue weighted by atomic mass is 10.1. The van der Waals surface area contributed by atoms with Crippen LogP contribution in [0.3, 0.4) is 0 Å². The second kappa shape index (κ2) is 5.01. The Morgan fingerprint density at radius 1 is 1.62 bits per heavy atom. The Morgan fingerprint density at radius 3 is 3.12 bits per heavy atom. The Labute approximate surface area is 109 Å². The predicted molar refractivity (Wildman–Crippen MR) is 73.8 cm³/mol. The summed E-state index contributed by atoms with van der Waals surface area (Å²) in [6.45, 7) is 2.48. The molecule has 0 saturated carbocycles. The van der Waals surface area contributed by atoms with Gasteiger partial charge in [-0.2, -0.15) is 0 Å². The van der Waals surface area contributed by atoms with Gasteiger partial charge in [-0.1, -0.05) is 34.7 Å². The maximum atomic E-state index is 11.1. The Balaban J connectivity index is 2.42. The molecule has 4 nitrogen and oxygen atoms in total. The van der Waals surface area contributed by atoms with E-state index in [-0.39, 0.29) is 5.91 Å². The van der Waals surface area contributed by atoms with Gasteiger partial charge in [0, 0.05) is 13.5 Å². The lowest BCUT2D eigenvalue weighted by Crippen LogP contribution is -2.42. The molecule has 0 radical (unpaired) electrons. The largest absolute Gasteiger partial charge is 0.324 e. The number of amides is 1. The standard InChI is InChI=1S/C11H14IN3O/c1-8(16)14-10-4-2-3-9-5-6-13-15(7-12)11(9)10/h2-4,13H,5-7H2,1H3,(H,14,16). The third kappa shape index (κ3) is 2.30. The molecule has 0 aromatic heterocycles. The number of halogens is 1. The second-order valence-electron chi connectivity index (χ2n) is 3.70. The molecule has 1 aliphatic rings. The van der Waals surface area contributed by atoms with E-state index < -0.39 is 0 Å². The van der Waals surface area contributed by atoms with E-state index in [0.717, 1.165) is 28.9 Å². The molecule has 0 fully saturated rings. The summed E-state index contributed by atoms with van der Waals surface area (Å²) in [4.78, 5) is 11.1. The fourth-order valence-corrected chi connectivity index (χ4v) is 2.49. The third-order valence-electron chi connectivity index (χ3n) is 2.52. The molecule has 1 aromatic rings. The first-order valence-corrected chi connectivity index (χ1v) is 6.71. The molecular formula is C11H14IN3O. The summed E-state index contributed by atoms with van der Waals surface area (Å²) in [7, 11) is 0. The van der Waals surface area contributed by atoms with Crippen molar-refractivity contribution in [2.75, 3.05) is 21.4 Å². The van der Waals surface area contributed by atoms with E-state index in [9.17, 15) is 4.79 Å². The van der Waals surface area contributed by atoms with Crippen molar-refractivity contribution in [3.63, 3.8) is 0 Å². The maximum Gasteiger partial charge on any atom is 0.221 e. The number of para-hydroxylation sites is 1. The average molecular weight is 331 g/mol. The Kier molecular flexibility index (Phi) is 3.65. The highest BCUT2D eigenvalue weighted by Gasteiger charge is 2.19. The summed E-state index contributed by atoms with van der Waals surface area (Å²) in [5, 5.41) is 4.95. The van der Waals surface area contributed by atoms with E-state index in [1.807, 2.05) is 12.1 Å². The van der Waals surface area contributed by atoms with Crippen LogP contribution in [0.2, 0.25) is 0 Å². The topological polar surface area (TPSA) is 44.4 Å². The molecule has 5 heteroatoms. The van der Waals surface area contributed by atoms with Gasteiger partial charge in [-0.05, 0) is 18.1 Å². The summed E-state index contributed by atoms with van der Waals surface area (Å²) in [5.41, 5.74) is 6.57. The predicted octanol–water partition coefficient (Wildman–Crippen LogP) is 1.90. The number of anilines is 2. The summed E-state index contributed by atoms with van der Waals surface area (Å²) in [6, 6.07) is 6.04. The molecule has 1 aliphatic heterocycles. The van der Waals surface area contributed by atoms with Gasteiger partial charge in [0.25, 0.3) is 0 Å². The molecule has 0 spiro atoms. The number of carbonyl (C=O) groups is 1. The molecule has 0 unspecified atom stereocenters. The Morgan fingerprint density at radius 2 is 2.44 bits per heavy atom. The summed E-state index contributed by atoms with van der Waals surface area (Å²) in [5.74, 6) is -0.0348. The number of fused-ring (bicyclic) bond motifs is 1. The van der Waals surface area contributed by atoms with Crippen LogP contribution in [0.15, 0.2) is 18.2 Å². The summed E-state index contributed by atoms with van der Waals surface area (Å²) in [6.07, 6.45) is 0.996. The number of hydrogen-bond donors (Lipinski definition) is 2. The van der Waals surface area contributed by atoms with Crippen LogP contribution in [-0.2, 0) is 11.2 Å². The zero-order valence-corrected chi connectivity index (χ0v) is 11.2. The molecule has 0 saturated heterocycles. The van der Waals surface area contributed by atoms with Gasteiger partial charge < -0.3 is 5.32 Å². The van der Waals surface area contributed by atoms with Crippen LogP contribution in [-0.4, -0.2) is 17.0 Å². The van der Waals surface area contributed by atoms with E-state index in [4.69, 9.17) is 0 Å². The zero-order valence-electron chi connectivity index (χ0n) is 9.09. The minimum absolute atomic E-state index is 0.0348. The highest BCUT2D eigenvalue weighted by Crippen LogP contribution is 2.32. The first kappa shape index (κ1) is 11.7. The van der Waals surface area contributed by atoms with Crippen molar-refractivity contribution < 1.29 is 4.79 Å². The summed E-state index contributed by atoms with van der Waals surface area (Å²) >= 11 is 2.30. The Hall–Kier alpha value is -0.820. The van der Waals surface area contributed by atoms with Crippen molar-refractivity contribution in [2.45, 2.75) is 13.3 Å². The SMILES string of the molecule is CC(=O)Nc1cccc2c1N(CI)NCC2. The van der Waals surface area contributed by atoms with Crippen LogP contribution in [0.4, 0.5) is 11.4 Å². The van der Waals surface area contributed by atoms with Crippen molar-refractivity contribution in [2.24, 2.45) is 0 Å². The molecule has 2 N–H and O–H groups in total. The van der Waals surface area contributed by atoms with Gasteiger partial charge in [-0.3, -0.25) is 9.80 Å². The third-order valence-corrected chi connectivity index (χ3v) is 3.20. The van der Waals surface area contributed by atoms with Gasteiger partial charge in [-0.25, -0.2) is 5.43 Å². The number of carbonyl (C=O) groups excluding carboxylic acids is 1. The fourth-order valence-electron chi connectivity index (χ4n) is 1.91. The molecule has 0 bridgehead atoms. The van der Waals surface area contributed by atoms with Crippen molar-refractivity contribution in [3.8, 4) is 0 Å². The van der Waals surface area contributed by atoms with Gasteiger partial charge in [0.2, 0.25) is 5.91 Å². The van der Waals surface area contributed by atoms with Gasteiger partial charge in [-0.15, -0.1) is 0 Å². The number of hydrogen-bond acceptors (Lipinski definition) is 3. The van der Waals surface area contributed by atoms with Crippen molar-refractivity contribution in [1.82, 2.24) is 5.43 Å². The number of alkyl halides is 1. The highest BCUT2D eigenvalue weighted by atomic mass is 127. The van der Waals surface area contributed by atoms with Crippen molar-refractivity contribution in [3.05, 3.63) is 23.8 Å². The Bertz CT molecular complexity index is 408. The normalized spacial score (nSPS) is 14.5. The van der Waals surface area contributed by atoms with Crippen LogP contribution >= 0.6 is 22.6 Å². The molecule has 1 heterocycles.